The third kappa shape index (κ3) is 1.89. The van der Waals surface area contributed by atoms with Crippen molar-refractivity contribution in [1.29, 1.82) is 0 Å². The molecule has 0 aromatic heterocycles. The van der Waals surface area contributed by atoms with E-state index >= 15 is 0 Å². The number of aryl methyl sites for hydroxylation is 1. The Bertz CT molecular complexity index is 473. The van der Waals surface area contributed by atoms with Crippen LogP contribution in [-0.4, -0.2) is 16.0 Å². The molecule has 0 saturated heterocycles. The molecule has 2 rings (SSSR count). The van der Waals surface area contributed by atoms with E-state index in [2.05, 4.69) is 13.8 Å². The van der Waals surface area contributed by atoms with Crippen molar-refractivity contribution in [3.63, 3.8) is 0 Å². The lowest BCUT2D eigenvalue weighted by atomic mass is 9.74. The maximum Gasteiger partial charge on any atom is 0.206 e. The first-order valence-corrected chi connectivity index (χ1v) is 5.89. The van der Waals surface area contributed by atoms with Gasteiger partial charge in [-0.2, -0.15) is 0 Å². The monoisotopic (exact) mass is 236 g/mol. The predicted molar refractivity (Wildman–Crippen MR) is 66.5 cm³/mol. The quantitative estimate of drug-likeness (QED) is 0.728. The summed E-state index contributed by atoms with van der Waals surface area (Å²) in [7, 11) is 0. The second kappa shape index (κ2) is 3.39. The first kappa shape index (κ1) is 12.2. The number of benzene rings is 1. The summed E-state index contributed by atoms with van der Waals surface area (Å²) in [4.78, 5) is 0. The minimum atomic E-state index is -1.15. The second-order valence-electron chi connectivity index (χ2n) is 5.88. The van der Waals surface area contributed by atoms with Gasteiger partial charge in [-0.25, -0.2) is 0 Å². The molecule has 0 amide bonds. The number of phenols is 1. The average molecular weight is 236 g/mol. The number of phenolic OH excluding ortho intramolecular Hbond substituents is 1. The summed E-state index contributed by atoms with van der Waals surface area (Å²) in [5, 5.41) is 20.1. The minimum absolute atomic E-state index is 0.216. The van der Waals surface area contributed by atoms with E-state index in [1.165, 1.54) is 0 Å². The molecular weight excluding hydrogens is 216 g/mol. The van der Waals surface area contributed by atoms with Gasteiger partial charge in [0.25, 0.3) is 0 Å². The number of hydrogen-bond donors (Lipinski definition) is 2. The number of ether oxygens (including phenoxy) is 1. The maximum absolute atomic E-state index is 10.1. The molecule has 17 heavy (non-hydrogen) atoms. The van der Waals surface area contributed by atoms with E-state index < -0.39 is 5.79 Å². The molecule has 1 heterocycles. The Morgan fingerprint density at radius 1 is 1.24 bits per heavy atom. The fourth-order valence-corrected chi connectivity index (χ4v) is 3.04. The van der Waals surface area contributed by atoms with Crippen LogP contribution in [0.2, 0.25) is 0 Å². The van der Waals surface area contributed by atoms with Crippen LogP contribution >= 0.6 is 0 Å². The molecule has 0 saturated carbocycles. The molecule has 1 atom stereocenters. The molecule has 0 fully saturated rings. The Hall–Kier alpha value is -1.22. The van der Waals surface area contributed by atoms with Crippen LogP contribution in [0.25, 0.3) is 0 Å². The SMILES string of the molecule is Cc1cc2c(c(C)c1O)C(C)(C)C[C@](C)(O)O2. The molecule has 0 spiro atoms. The molecule has 1 aromatic carbocycles. The smallest absolute Gasteiger partial charge is 0.206 e. The van der Waals surface area contributed by atoms with Gasteiger partial charge in [-0.05, 0) is 36.5 Å². The van der Waals surface area contributed by atoms with E-state index in [4.69, 9.17) is 4.74 Å². The van der Waals surface area contributed by atoms with Crippen molar-refractivity contribution in [2.75, 3.05) is 0 Å². The van der Waals surface area contributed by atoms with Gasteiger partial charge in [-0.1, -0.05) is 13.8 Å². The molecule has 3 heteroatoms. The van der Waals surface area contributed by atoms with Crippen molar-refractivity contribution in [1.82, 2.24) is 0 Å². The predicted octanol–water partition coefficient (Wildman–Crippen LogP) is 2.78. The zero-order valence-corrected chi connectivity index (χ0v) is 11.1. The average Bonchev–Trinajstić information content (AvgIpc) is 2.09. The van der Waals surface area contributed by atoms with Crippen LogP contribution < -0.4 is 4.74 Å². The Balaban J connectivity index is 2.71. The molecule has 1 aromatic rings. The third-order valence-corrected chi connectivity index (χ3v) is 3.47. The summed E-state index contributed by atoms with van der Waals surface area (Å²) in [6.45, 7) is 9.53. The summed E-state index contributed by atoms with van der Waals surface area (Å²) in [6, 6.07) is 1.80. The highest BCUT2D eigenvalue weighted by Crippen LogP contribution is 2.48. The van der Waals surface area contributed by atoms with Gasteiger partial charge in [-0.3, -0.25) is 0 Å². The lowest BCUT2D eigenvalue weighted by molar-refractivity contribution is -0.148. The largest absolute Gasteiger partial charge is 0.507 e. The van der Waals surface area contributed by atoms with E-state index in [0.29, 0.717) is 17.9 Å². The summed E-state index contributed by atoms with van der Waals surface area (Å²) >= 11 is 0. The zero-order chi connectivity index (χ0) is 13.0. The van der Waals surface area contributed by atoms with Crippen molar-refractivity contribution in [2.24, 2.45) is 0 Å². The van der Waals surface area contributed by atoms with Gasteiger partial charge in [0.2, 0.25) is 5.79 Å². The van der Waals surface area contributed by atoms with Crippen LogP contribution in [0.3, 0.4) is 0 Å². The Labute approximate surface area is 102 Å². The summed E-state index contributed by atoms with van der Waals surface area (Å²) in [5.74, 6) is -0.146. The molecule has 1 aliphatic heterocycles. The first-order valence-electron chi connectivity index (χ1n) is 5.89. The van der Waals surface area contributed by atoms with Crippen molar-refractivity contribution < 1.29 is 14.9 Å². The van der Waals surface area contributed by atoms with Gasteiger partial charge >= 0.3 is 0 Å². The lowest BCUT2D eigenvalue weighted by Gasteiger charge is -2.42. The molecule has 0 radical (unpaired) electrons. The van der Waals surface area contributed by atoms with Gasteiger partial charge in [-0.15, -0.1) is 0 Å². The van der Waals surface area contributed by atoms with Gasteiger partial charge in [0.05, 0.1) is 0 Å². The molecule has 2 N–H and O–H groups in total. The number of aliphatic hydroxyl groups is 1. The Morgan fingerprint density at radius 2 is 1.82 bits per heavy atom. The maximum atomic E-state index is 10.1. The van der Waals surface area contributed by atoms with Crippen molar-refractivity contribution >= 4 is 0 Å². The van der Waals surface area contributed by atoms with Crippen LogP contribution in [0.4, 0.5) is 0 Å². The molecule has 94 valence electrons. The lowest BCUT2D eigenvalue weighted by Crippen LogP contribution is -2.44. The van der Waals surface area contributed by atoms with Crippen LogP contribution in [0.15, 0.2) is 6.07 Å². The number of rotatable bonds is 0. The van der Waals surface area contributed by atoms with Gasteiger partial charge in [0.1, 0.15) is 11.5 Å². The van der Waals surface area contributed by atoms with E-state index in [-0.39, 0.29) is 5.41 Å². The second-order valence-corrected chi connectivity index (χ2v) is 5.88. The van der Waals surface area contributed by atoms with E-state index in [1.807, 2.05) is 13.8 Å². The molecule has 0 bridgehead atoms. The molecule has 0 aliphatic carbocycles. The highest BCUT2D eigenvalue weighted by Gasteiger charge is 2.42. The topological polar surface area (TPSA) is 49.7 Å². The van der Waals surface area contributed by atoms with Gasteiger partial charge in [0, 0.05) is 18.9 Å². The van der Waals surface area contributed by atoms with Gasteiger partial charge < -0.3 is 14.9 Å². The Morgan fingerprint density at radius 3 is 2.41 bits per heavy atom. The summed E-state index contributed by atoms with van der Waals surface area (Å²) in [5.41, 5.74) is 2.40. The molecule has 1 aliphatic rings. The van der Waals surface area contributed by atoms with E-state index in [9.17, 15) is 10.2 Å². The number of fused-ring (bicyclic) bond motifs is 1. The van der Waals surface area contributed by atoms with Crippen molar-refractivity contribution in [2.45, 2.75) is 52.2 Å². The number of hydrogen-bond acceptors (Lipinski definition) is 3. The standard InChI is InChI=1S/C14H20O3/c1-8-6-10-11(9(2)12(8)15)13(3,4)7-14(5,16)17-10/h6,15-16H,7H2,1-5H3/t14-/m1/s1. The summed E-state index contributed by atoms with van der Waals surface area (Å²) < 4.78 is 5.62. The van der Waals surface area contributed by atoms with Crippen molar-refractivity contribution in [3.05, 3.63) is 22.8 Å². The first-order chi connectivity index (χ1) is 7.64. The van der Waals surface area contributed by atoms with E-state index in [0.717, 1.165) is 16.7 Å². The van der Waals surface area contributed by atoms with E-state index in [1.54, 1.807) is 13.0 Å². The van der Waals surface area contributed by atoms with Gasteiger partial charge in [0.15, 0.2) is 0 Å². The highest BCUT2D eigenvalue weighted by molar-refractivity contribution is 5.56. The molecule has 0 unspecified atom stereocenters. The van der Waals surface area contributed by atoms with Crippen LogP contribution in [0.5, 0.6) is 11.5 Å². The van der Waals surface area contributed by atoms with Crippen LogP contribution in [0.1, 0.15) is 43.9 Å². The fourth-order valence-electron chi connectivity index (χ4n) is 3.04. The molecule has 3 nitrogen and oxygen atoms in total. The normalized spacial score (nSPS) is 26.2. The summed E-state index contributed by atoms with van der Waals surface area (Å²) in [6.07, 6.45) is 0.510. The minimum Gasteiger partial charge on any atom is -0.507 e. The highest BCUT2D eigenvalue weighted by atomic mass is 16.6. The fraction of sp³-hybridized carbons (Fsp3) is 0.571. The molecular formula is C14H20O3. The van der Waals surface area contributed by atoms with Crippen LogP contribution in [-0.2, 0) is 5.41 Å². The van der Waals surface area contributed by atoms with Crippen molar-refractivity contribution in [3.8, 4) is 11.5 Å². The van der Waals surface area contributed by atoms with Crippen LogP contribution in [0, 0.1) is 13.8 Å². The Kier molecular flexibility index (Phi) is 2.44. The zero-order valence-electron chi connectivity index (χ0n) is 11.1. The third-order valence-electron chi connectivity index (χ3n) is 3.47. The number of aromatic hydroxyl groups is 1.